The van der Waals surface area contributed by atoms with Crippen LogP contribution in [0.4, 0.5) is 5.69 Å². The van der Waals surface area contributed by atoms with Crippen LogP contribution in [0, 0.1) is 15.5 Å². The van der Waals surface area contributed by atoms with Crippen LogP contribution in [0.2, 0.25) is 0 Å². The van der Waals surface area contributed by atoms with Gasteiger partial charge in [-0.25, -0.2) is 19.2 Å². The molecule has 0 saturated heterocycles. The third-order valence-electron chi connectivity index (χ3n) is 6.45. The molecule has 4 aromatic carbocycles. The van der Waals surface area contributed by atoms with Gasteiger partial charge >= 0.3 is 23.9 Å². The molecule has 0 bridgehead atoms. The van der Waals surface area contributed by atoms with Crippen LogP contribution in [0.1, 0.15) is 55.3 Å². The van der Waals surface area contributed by atoms with Gasteiger partial charge in [0.15, 0.2) is 0 Å². The lowest BCUT2D eigenvalue weighted by molar-refractivity contribution is -0.384. The Hall–Kier alpha value is -6.44. The van der Waals surface area contributed by atoms with Gasteiger partial charge in [0.2, 0.25) is 0 Å². The number of non-ortho nitro benzene ring substituents is 1. The van der Waals surface area contributed by atoms with Crippen molar-refractivity contribution in [2.24, 2.45) is 5.41 Å². The van der Waals surface area contributed by atoms with Crippen molar-refractivity contribution in [1.29, 1.82) is 0 Å². The molecule has 0 heterocycles. The smallest absolute Gasteiger partial charge is 0.344 e. The monoisotopic (exact) mass is 645 g/mol. The first-order valence-corrected chi connectivity index (χ1v) is 13.7. The molecule has 3 N–H and O–H groups in total. The molecule has 0 saturated carbocycles. The summed E-state index contributed by atoms with van der Waals surface area (Å²) in [6.07, 6.45) is 0. The molecule has 0 unspecified atom stereocenters. The minimum absolute atomic E-state index is 0.0623. The Morgan fingerprint density at radius 1 is 0.638 bits per heavy atom. The molecular weight excluding hydrogens is 618 g/mol. The molecule has 4 aromatic rings. The van der Waals surface area contributed by atoms with E-state index in [1.54, 1.807) is 12.1 Å². The van der Waals surface area contributed by atoms with Gasteiger partial charge in [0.1, 0.15) is 28.7 Å². The van der Waals surface area contributed by atoms with Gasteiger partial charge in [0.05, 0.1) is 40.4 Å². The van der Waals surface area contributed by atoms with E-state index in [2.05, 4.69) is 0 Å². The second kappa shape index (κ2) is 14.1. The summed E-state index contributed by atoms with van der Waals surface area (Å²) >= 11 is 0. The Labute approximate surface area is 266 Å². The number of hydrogen-bond acceptors (Lipinski definition) is 11. The molecule has 242 valence electrons. The molecule has 0 fully saturated rings. The maximum Gasteiger partial charge on any atom is 0.344 e. The van der Waals surface area contributed by atoms with Gasteiger partial charge in [-0.2, -0.15) is 0 Å². The molecule has 14 heteroatoms. The van der Waals surface area contributed by atoms with E-state index in [4.69, 9.17) is 18.9 Å². The largest absolute Gasteiger partial charge is 0.508 e. The van der Waals surface area contributed by atoms with E-state index < -0.39 is 56.6 Å². The van der Waals surface area contributed by atoms with E-state index in [0.717, 1.165) is 30.3 Å². The number of nitro groups is 1. The van der Waals surface area contributed by atoms with E-state index in [0.29, 0.717) is 11.5 Å². The molecule has 0 spiro atoms. The number of phenolic OH excluding ortho intramolecular Hbond substituents is 1. The fourth-order valence-electron chi connectivity index (χ4n) is 4.02. The maximum atomic E-state index is 12.6. The zero-order valence-electron chi connectivity index (χ0n) is 24.9. The summed E-state index contributed by atoms with van der Waals surface area (Å²) in [6, 6.07) is 18.1. The predicted octanol–water partition coefficient (Wildman–Crippen LogP) is 5.62. The summed E-state index contributed by atoms with van der Waals surface area (Å²) in [6.45, 7) is 4.24. The highest BCUT2D eigenvalue weighted by Crippen LogP contribution is 2.26. The number of benzene rings is 4. The lowest BCUT2D eigenvalue weighted by Gasteiger charge is -2.25. The Morgan fingerprint density at radius 3 is 1.55 bits per heavy atom. The van der Waals surface area contributed by atoms with E-state index in [1.165, 1.54) is 42.5 Å². The van der Waals surface area contributed by atoms with Crippen LogP contribution >= 0.6 is 0 Å². The van der Waals surface area contributed by atoms with Crippen molar-refractivity contribution in [1.82, 2.24) is 0 Å². The zero-order chi connectivity index (χ0) is 34.3. The Kier molecular flexibility index (Phi) is 10.0. The van der Waals surface area contributed by atoms with Crippen molar-refractivity contribution in [3.63, 3.8) is 0 Å². The molecular formula is C33H27NO13. The number of aromatic hydroxyl groups is 1. The van der Waals surface area contributed by atoms with Gasteiger partial charge < -0.3 is 34.3 Å². The van der Waals surface area contributed by atoms with E-state index in [9.17, 15) is 44.6 Å². The van der Waals surface area contributed by atoms with Crippen LogP contribution in [-0.4, -0.2) is 57.3 Å². The second-order valence-electron chi connectivity index (χ2n) is 10.8. The molecule has 14 nitrogen and oxygen atoms in total. The molecule has 0 aliphatic carbocycles. The summed E-state index contributed by atoms with van der Waals surface area (Å²) in [5.41, 5.74) is -2.47. The average Bonchev–Trinajstić information content (AvgIpc) is 3.03. The number of carbonyl (C=O) groups is 4. The van der Waals surface area contributed by atoms with Gasteiger partial charge in [-0.3, -0.25) is 10.1 Å². The van der Waals surface area contributed by atoms with Gasteiger partial charge in [-0.15, -0.1) is 0 Å². The van der Waals surface area contributed by atoms with Gasteiger partial charge in [0.25, 0.3) is 5.69 Å². The number of carboxylic acid groups (broad SMARTS) is 2. The van der Waals surface area contributed by atoms with Crippen LogP contribution in [0.3, 0.4) is 0 Å². The molecule has 0 radical (unpaired) electrons. The lowest BCUT2D eigenvalue weighted by atomic mass is 9.96. The van der Waals surface area contributed by atoms with Gasteiger partial charge in [0, 0.05) is 17.5 Å². The predicted molar refractivity (Wildman–Crippen MR) is 163 cm³/mol. The Morgan fingerprint density at radius 2 is 1.09 bits per heavy atom. The van der Waals surface area contributed by atoms with E-state index >= 15 is 0 Å². The molecule has 47 heavy (non-hydrogen) atoms. The zero-order valence-corrected chi connectivity index (χ0v) is 24.9. The molecule has 0 aliphatic heterocycles. The van der Waals surface area contributed by atoms with Crippen LogP contribution in [-0.2, 0) is 0 Å². The summed E-state index contributed by atoms with van der Waals surface area (Å²) < 4.78 is 22.2. The summed E-state index contributed by atoms with van der Waals surface area (Å²) in [5.74, 6) is -4.00. The first-order valence-electron chi connectivity index (χ1n) is 13.7. The van der Waals surface area contributed by atoms with Crippen molar-refractivity contribution in [2.75, 3.05) is 13.2 Å². The van der Waals surface area contributed by atoms with Crippen LogP contribution < -0.4 is 18.9 Å². The van der Waals surface area contributed by atoms with Crippen molar-refractivity contribution in [3.05, 3.63) is 117 Å². The quantitative estimate of drug-likeness (QED) is 0.0699. The highest BCUT2D eigenvalue weighted by molar-refractivity contribution is 6.04. The van der Waals surface area contributed by atoms with Gasteiger partial charge in [-0.05, 0) is 72.8 Å². The van der Waals surface area contributed by atoms with Crippen molar-refractivity contribution >= 4 is 29.6 Å². The number of hydrogen-bond donors (Lipinski definition) is 3. The van der Waals surface area contributed by atoms with Crippen LogP contribution in [0.5, 0.6) is 28.7 Å². The normalized spacial score (nSPS) is 10.9. The third kappa shape index (κ3) is 8.82. The number of carboxylic acids is 2. The highest BCUT2D eigenvalue weighted by Gasteiger charge is 2.24. The standard InChI is InChI=1S/C33H27NO13/c1-33(2,17-44-21-5-9-23(10-6-21)46-31(40)26-14-4-20(35)16-27(26)30(38)39)18-45-22-7-11-24(12-8-22)47-32(41)28-15-19(34(42)43)3-13-25(28)29(36)37/h3-16,35H,17-18H2,1-2H3,(H,36,37)(H,38,39). The minimum atomic E-state index is -1.44. The van der Waals surface area contributed by atoms with Crippen LogP contribution in [0.25, 0.3) is 0 Å². The number of esters is 2. The average molecular weight is 646 g/mol. The number of nitro benzene ring substituents is 1. The van der Waals surface area contributed by atoms with E-state index in [1.807, 2.05) is 13.8 Å². The van der Waals surface area contributed by atoms with Crippen molar-refractivity contribution in [3.8, 4) is 28.7 Å². The molecule has 4 rings (SSSR count). The number of ether oxygens (including phenoxy) is 4. The van der Waals surface area contributed by atoms with Gasteiger partial charge in [-0.1, -0.05) is 13.8 Å². The summed E-state index contributed by atoms with van der Waals surface area (Å²) in [5, 5.41) is 39.2. The number of phenols is 1. The first-order chi connectivity index (χ1) is 22.2. The topological polar surface area (TPSA) is 209 Å². The third-order valence-corrected chi connectivity index (χ3v) is 6.45. The van der Waals surface area contributed by atoms with Crippen molar-refractivity contribution < 1.29 is 58.4 Å². The van der Waals surface area contributed by atoms with E-state index in [-0.39, 0.29) is 36.0 Å². The minimum Gasteiger partial charge on any atom is -0.508 e. The lowest BCUT2D eigenvalue weighted by Crippen LogP contribution is -2.28. The number of carbonyl (C=O) groups excluding carboxylic acids is 2. The van der Waals surface area contributed by atoms with Crippen molar-refractivity contribution in [2.45, 2.75) is 13.8 Å². The SMILES string of the molecule is CC(C)(COc1ccc(OC(=O)c2ccc(O)cc2C(=O)O)cc1)COc1ccc(OC(=O)c2cc([N+](=O)[O-])ccc2C(=O)O)cc1. The fraction of sp³-hybridized carbons (Fsp3) is 0.152. The summed E-state index contributed by atoms with van der Waals surface area (Å²) in [4.78, 5) is 58.3. The fourth-order valence-corrected chi connectivity index (χ4v) is 4.02. The number of nitrogens with zero attached hydrogens (tertiary/aromatic N) is 1. The van der Waals surface area contributed by atoms with Crippen LogP contribution in [0.15, 0.2) is 84.9 Å². The first kappa shape index (κ1) is 33.5. The highest BCUT2D eigenvalue weighted by atomic mass is 16.6. The number of rotatable bonds is 13. The molecule has 0 aliphatic rings. The second-order valence-corrected chi connectivity index (χ2v) is 10.8. The Balaban J connectivity index is 1.29. The summed E-state index contributed by atoms with van der Waals surface area (Å²) in [7, 11) is 0. The molecule has 0 amide bonds. The molecule has 0 atom stereocenters. The maximum absolute atomic E-state index is 12.6. The Bertz CT molecular complexity index is 1830. The molecule has 0 aromatic heterocycles. The number of aromatic carboxylic acids is 2.